The van der Waals surface area contributed by atoms with Crippen LogP contribution in [0.4, 0.5) is 5.13 Å². The number of aliphatic hydroxyl groups is 1. The van der Waals surface area contributed by atoms with E-state index in [-0.39, 0.29) is 11.3 Å². The zero-order valence-electron chi connectivity index (χ0n) is 23.6. The maximum atomic E-state index is 13.8. The van der Waals surface area contributed by atoms with Gasteiger partial charge in [0.2, 0.25) is 0 Å². The zero-order chi connectivity index (χ0) is 30.2. The van der Waals surface area contributed by atoms with Crippen LogP contribution < -0.4 is 23.8 Å². The van der Waals surface area contributed by atoms with Gasteiger partial charge in [-0.15, -0.1) is 0 Å². The number of fused-ring (bicyclic) bond motifs is 2. The highest BCUT2D eigenvalue weighted by Gasteiger charge is 2.48. The monoisotopic (exact) mass is 606 g/mol. The van der Waals surface area contributed by atoms with Crippen molar-refractivity contribution in [3.8, 4) is 28.7 Å². The number of ether oxygens (including phenoxy) is 4. The lowest BCUT2D eigenvalue weighted by atomic mass is 9.95. The van der Waals surface area contributed by atoms with Gasteiger partial charge in [-0.3, -0.25) is 14.5 Å². The van der Waals surface area contributed by atoms with Crippen molar-refractivity contribution < 1.29 is 33.6 Å². The van der Waals surface area contributed by atoms with Gasteiger partial charge in [0.1, 0.15) is 36.2 Å². The normalized spacial score (nSPS) is 17.2. The Morgan fingerprint density at radius 1 is 0.909 bits per heavy atom. The Morgan fingerprint density at radius 3 is 2.52 bits per heavy atom. The molecule has 7 rings (SSSR count). The summed E-state index contributed by atoms with van der Waals surface area (Å²) >= 11 is 1.26. The SMILES string of the molecule is CCOc1ccc2nc(N3C(=O)C(=O)/C(=C(/O)c4ccc5c(c4)OCCO5)[C@@H]3c3cccc(Oc4ccccc4)c3)sc2c1. The van der Waals surface area contributed by atoms with Gasteiger partial charge in [0.15, 0.2) is 16.6 Å². The van der Waals surface area contributed by atoms with E-state index in [0.717, 1.165) is 4.70 Å². The molecular formula is C34H26N2O7S. The van der Waals surface area contributed by atoms with Gasteiger partial charge in [-0.2, -0.15) is 0 Å². The fraction of sp³-hybridized carbons (Fsp3) is 0.147. The van der Waals surface area contributed by atoms with E-state index in [4.69, 9.17) is 23.9 Å². The van der Waals surface area contributed by atoms with E-state index in [0.29, 0.717) is 70.3 Å². The molecule has 9 nitrogen and oxygen atoms in total. The molecule has 220 valence electrons. The first-order valence-corrected chi connectivity index (χ1v) is 14.9. The summed E-state index contributed by atoms with van der Waals surface area (Å²) in [4.78, 5) is 33.6. The second-order valence-electron chi connectivity index (χ2n) is 10.1. The van der Waals surface area contributed by atoms with Crippen molar-refractivity contribution in [3.63, 3.8) is 0 Å². The number of thiazole rings is 1. The number of carbonyl (C=O) groups is 2. The molecule has 1 fully saturated rings. The summed E-state index contributed by atoms with van der Waals surface area (Å²) in [6.07, 6.45) is 0. The van der Waals surface area contributed by atoms with Crippen molar-refractivity contribution in [1.29, 1.82) is 0 Å². The molecule has 0 aliphatic carbocycles. The number of benzene rings is 4. The number of anilines is 1. The third-order valence-electron chi connectivity index (χ3n) is 7.28. The number of nitrogens with zero attached hydrogens (tertiary/aromatic N) is 2. The molecule has 5 aromatic rings. The highest BCUT2D eigenvalue weighted by Crippen LogP contribution is 2.46. The lowest BCUT2D eigenvalue weighted by Gasteiger charge is -2.23. The van der Waals surface area contributed by atoms with Crippen LogP contribution in [-0.4, -0.2) is 41.6 Å². The zero-order valence-corrected chi connectivity index (χ0v) is 24.4. The highest BCUT2D eigenvalue weighted by atomic mass is 32.1. The Hall–Kier alpha value is -5.35. The predicted molar refractivity (Wildman–Crippen MR) is 166 cm³/mol. The Balaban J connectivity index is 1.37. The number of carbonyl (C=O) groups excluding carboxylic acids is 2. The number of hydrogen-bond acceptors (Lipinski definition) is 9. The molecular weight excluding hydrogens is 580 g/mol. The van der Waals surface area contributed by atoms with Gasteiger partial charge < -0.3 is 24.1 Å². The fourth-order valence-corrected chi connectivity index (χ4v) is 6.34. The third-order valence-corrected chi connectivity index (χ3v) is 8.30. The number of hydrogen-bond donors (Lipinski definition) is 1. The van der Waals surface area contributed by atoms with Gasteiger partial charge in [0.05, 0.1) is 28.4 Å². The first-order chi connectivity index (χ1) is 21.5. The number of para-hydroxylation sites is 1. The van der Waals surface area contributed by atoms with E-state index in [1.807, 2.05) is 55.5 Å². The molecule has 2 aliphatic heterocycles. The van der Waals surface area contributed by atoms with Gasteiger partial charge >= 0.3 is 5.91 Å². The molecule has 44 heavy (non-hydrogen) atoms. The standard InChI is InChI=1S/C34H26N2O7S/c1-2-40-23-12-13-25-28(19-23)44-34(35-25)36-30(20-7-6-10-24(17-20)43-22-8-4-3-5-9-22)29(32(38)33(36)39)31(37)21-11-14-26-27(18-21)42-16-15-41-26/h3-14,17-19,30,37H,2,15-16H2,1H3/b31-29+/t30-/m0/s1. The Bertz CT molecular complexity index is 1940. The summed E-state index contributed by atoms with van der Waals surface area (Å²) in [6.45, 7) is 3.18. The quantitative estimate of drug-likeness (QED) is 0.121. The van der Waals surface area contributed by atoms with Crippen molar-refractivity contribution in [1.82, 2.24) is 4.98 Å². The minimum Gasteiger partial charge on any atom is -0.507 e. The molecule has 4 aromatic carbocycles. The number of Topliss-reactive ketones (excluding diaryl/α,β-unsaturated/α-hetero) is 1. The van der Waals surface area contributed by atoms with Gasteiger partial charge in [-0.05, 0) is 73.2 Å². The third kappa shape index (κ3) is 4.99. The molecule has 1 saturated heterocycles. The topological polar surface area (TPSA) is 107 Å². The Kier molecular flexibility index (Phi) is 7.11. The van der Waals surface area contributed by atoms with Gasteiger partial charge in [-0.1, -0.05) is 41.7 Å². The number of rotatable bonds is 7. The van der Waals surface area contributed by atoms with E-state index in [1.165, 1.54) is 16.2 Å². The first-order valence-electron chi connectivity index (χ1n) is 14.1. The van der Waals surface area contributed by atoms with Gasteiger partial charge in [-0.25, -0.2) is 4.98 Å². The number of aromatic nitrogens is 1. The minimum atomic E-state index is -0.991. The Labute approximate surface area is 256 Å². The first kappa shape index (κ1) is 27.5. The summed E-state index contributed by atoms with van der Waals surface area (Å²) in [7, 11) is 0. The van der Waals surface area contributed by atoms with Crippen molar-refractivity contribution in [3.05, 3.63) is 108 Å². The van der Waals surface area contributed by atoms with Gasteiger partial charge in [0, 0.05) is 5.56 Å². The van der Waals surface area contributed by atoms with Crippen LogP contribution >= 0.6 is 11.3 Å². The molecule has 3 heterocycles. The largest absolute Gasteiger partial charge is 0.507 e. The molecule has 1 aromatic heterocycles. The van der Waals surface area contributed by atoms with Crippen molar-refractivity contribution >= 4 is 44.1 Å². The second-order valence-corrected chi connectivity index (χ2v) is 11.1. The van der Waals surface area contributed by atoms with Crippen LogP contribution in [0.3, 0.4) is 0 Å². The van der Waals surface area contributed by atoms with Crippen LogP contribution in [-0.2, 0) is 9.59 Å². The predicted octanol–water partition coefficient (Wildman–Crippen LogP) is 6.88. The lowest BCUT2D eigenvalue weighted by Crippen LogP contribution is -2.29. The molecule has 10 heteroatoms. The summed E-state index contributed by atoms with van der Waals surface area (Å²) in [6, 6.07) is 25.8. The molecule has 0 spiro atoms. The van der Waals surface area contributed by atoms with E-state index < -0.39 is 17.7 Å². The van der Waals surface area contributed by atoms with E-state index in [1.54, 1.807) is 42.5 Å². The molecule has 1 N–H and O–H groups in total. The average Bonchev–Trinajstić information content (AvgIpc) is 3.58. The van der Waals surface area contributed by atoms with Crippen LogP contribution in [0.25, 0.3) is 16.0 Å². The molecule has 1 atom stereocenters. The van der Waals surface area contributed by atoms with Crippen LogP contribution in [0.1, 0.15) is 24.1 Å². The van der Waals surface area contributed by atoms with Crippen LogP contribution in [0, 0.1) is 0 Å². The minimum absolute atomic E-state index is 0.0715. The van der Waals surface area contributed by atoms with Crippen LogP contribution in [0.15, 0.2) is 96.6 Å². The summed E-state index contributed by atoms with van der Waals surface area (Å²) < 4.78 is 23.8. The molecule has 0 radical (unpaired) electrons. The van der Waals surface area contributed by atoms with Crippen molar-refractivity contribution in [2.24, 2.45) is 0 Å². The van der Waals surface area contributed by atoms with Gasteiger partial charge in [0.25, 0.3) is 5.78 Å². The van der Waals surface area contributed by atoms with E-state index in [2.05, 4.69) is 0 Å². The number of ketones is 1. The van der Waals surface area contributed by atoms with Crippen molar-refractivity contribution in [2.45, 2.75) is 13.0 Å². The number of amides is 1. The van der Waals surface area contributed by atoms with E-state index >= 15 is 0 Å². The molecule has 1 amide bonds. The summed E-state index contributed by atoms with van der Waals surface area (Å²) in [5, 5.41) is 12.0. The smallest absolute Gasteiger partial charge is 0.301 e. The van der Waals surface area contributed by atoms with Crippen LogP contribution in [0.5, 0.6) is 28.7 Å². The molecule has 2 aliphatic rings. The highest BCUT2D eigenvalue weighted by molar-refractivity contribution is 7.22. The Morgan fingerprint density at radius 2 is 1.70 bits per heavy atom. The number of aliphatic hydroxyl groups excluding tert-OH is 1. The fourth-order valence-electron chi connectivity index (χ4n) is 5.32. The maximum absolute atomic E-state index is 13.8. The average molecular weight is 607 g/mol. The molecule has 0 bridgehead atoms. The van der Waals surface area contributed by atoms with Crippen molar-refractivity contribution in [2.75, 3.05) is 24.7 Å². The molecule has 0 unspecified atom stereocenters. The summed E-state index contributed by atoms with van der Waals surface area (Å²) in [5.74, 6) is 0.839. The summed E-state index contributed by atoms with van der Waals surface area (Å²) in [5.41, 5.74) is 1.46. The molecule has 0 saturated carbocycles. The van der Waals surface area contributed by atoms with Crippen LogP contribution in [0.2, 0.25) is 0 Å². The second kappa shape index (κ2) is 11.4. The maximum Gasteiger partial charge on any atom is 0.301 e. The lowest BCUT2D eigenvalue weighted by molar-refractivity contribution is -0.132. The van der Waals surface area contributed by atoms with E-state index in [9.17, 15) is 14.7 Å².